The summed E-state index contributed by atoms with van der Waals surface area (Å²) in [5.74, 6) is -1.14. The number of alkyl halides is 3. The summed E-state index contributed by atoms with van der Waals surface area (Å²) < 4.78 is 55.0. The van der Waals surface area contributed by atoms with E-state index in [4.69, 9.17) is 5.10 Å². The van der Waals surface area contributed by atoms with Crippen LogP contribution in [0.4, 0.5) is 33.9 Å². The summed E-state index contributed by atoms with van der Waals surface area (Å²) in [5, 5.41) is 9.79. The zero-order chi connectivity index (χ0) is 28.6. The first-order valence-electron chi connectivity index (χ1n) is 12.5. The van der Waals surface area contributed by atoms with Gasteiger partial charge in [-0.15, -0.1) is 0 Å². The Kier molecular flexibility index (Phi) is 7.05. The first kappa shape index (κ1) is 26.9. The lowest BCUT2D eigenvalue weighted by atomic mass is 9.81. The molecular formula is C29H25F4N5O2. The average molecular weight is 552 g/mol. The largest absolute Gasteiger partial charge is 0.416 e. The molecule has 0 fully saturated rings. The maximum Gasteiger partial charge on any atom is 0.416 e. The van der Waals surface area contributed by atoms with E-state index in [2.05, 4.69) is 10.6 Å². The van der Waals surface area contributed by atoms with E-state index in [1.54, 1.807) is 18.5 Å². The lowest BCUT2D eigenvalue weighted by Gasteiger charge is -2.38. The molecule has 40 heavy (non-hydrogen) atoms. The van der Waals surface area contributed by atoms with Gasteiger partial charge in [-0.1, -0.05) is 36.4 Å². The Morgan fingerprint density at radius 2 is 1.70 bits per heavy atom. The van der Waals surface area contributed by atoms with Crippen molar-refractivity contribution in [2.24, 2.45) is 0 Å². The minimum Gasteiger partial charge on any atom is -0.325 e. The van der Waals surface area contributed by atoms with E-state index in [0.717, 1.165) is 17.8 Å². The van der Waals surface area contributed by atoms with Crippen LogP contribution in [-0.4, -0.2) is 34.3 Å². The van der Waals surface area contributed by atoms with Crippen LogP contribution in [0.2, 0.25) is 0 Å². The predicted molar refractivity (Wildman–Crippen MR) is 142 cm³/mol. The Balaban J connectivity index is 1.57. The number of aryl methyl sites for hydroxylation is 1. The zero-order valence-corrected chi connectivity index (χ0v) is 21.5. The van der Waals surface area contributed by atoms with Crippen LogP contribution in [0, 0.1) is 12.7 Å². The summed E-state index contributed by atoms with van der Waals surface area (Å²) in [5.41, 5.74) is 1.55. The van der Waals surface area contributed by atoms with Crippen molar-refractivity contribution in [1.29, 1.82) is 0 Å². The van der Waals surface area contributed by atoms with Crippen molar-refractivity contribution in [2.75, 3.05) is 16.8 Å². The van der Waals surface area contributed by atoms with Crippen LogP contribution in [0.3, 0.4) is 0 Å². The Hall–Kier alpha value is -4.67. The van der Waals surface area contributed by atoms with E-state index in [1.807, 2.05) is 30.3 Å². The third-order valence-corrected chi connectivity index (χ3v) is 6.79. The van der Waals surface area contributed by atoms with Gasteiger partial charge in [-0.3, -0.25) is 9.69 Å². The van der Waals surface area contributed by atoms with E-state index >= 15 is 0 Å². The first-order valence-corrected chi connectivity index (χ1v) is 12.5. The molecule has 7 nitrogen and oxygen atoms in total. The van der Waals surface area contributed by atoms with E-state index in [1.165, 1.54) is 41.3 Å². The monoisotopic (exact) mass is 551 g/mol. The van der Waals surface area contributed by atoms with Crippen LogP contribution in [0.1, 0.15) is 35.2 Å². The molecule has 3 aromatic carbocycles. The van der Waals surface area contributed by atoms with Crippen molar-refractivity contribution >= 4 is 23.4 Å². The maximum absolute atomic E-state index is 14.0. The normalized spacial score (nSPS) is 16.9. The quantitative estimate of drug-likeness (QED) is 0.298. The van der Waals surface area contributed by atoms with Crippen molar-refractivity contribution in [2.45, 2.75) is 32.0 Å². The Morgan fingerprint density at radius 1 is 1.00 bits per heavy atom. The fourth-order valence-corrected chi connectivity index (χ4v) is 5.04. The lowest BCUT2D eigenvalue weighted by Crippen LogP contribution is -2.56. The fourth-order valence-electron chi connectivity index (χ4n) is 5.04. The van der Waals surface area contributed by atoms with Crippen LogP contribution in [0.15, 0.2) is 78.9 Å². The second-order valence-corrected chi connectivity index (χ2v) is 9.34. The smallest absolute Gasteiger partial charge is 0.325 e. The van der Waals surface area contributed by atoms with Gasteiger partial charge in [0.2, 0.25) is 0 Å². The summed E-state index contributed by atoms with van der Waals surface area (Å²) in [6, 6.07) is 17.1. The number of carbonyl (C=O) groups excluding carboxylic acids is 2. The molecule has 2 atom stereocenters. The van der Waals surface area contributed by atoms with E-state index < -0.39 is 41.5 Å². The third kappa shape index (κ3) is 5.02. The number of urea groups is 1. The number of aromatic nitrogens is 2. The number of halogens is 4. The number of fused-ring (bicyclic) bond motifs is 1. The fraction of sp³-hybridized carbons (Fsp3) is 0.207. The van der Waals surface area contributed by atoms with Crippen molar-refractivity contribution in [3.8, 4) is 5.69 Å². The molecule has 2 N–H and O–H groups in total. The first-order chi connectivity index (χ1) is 19.1. The van der Waals surface area contributed by atoms with Crippen LogP contribution in [0.5, 0.6) is 0 Å². The average Bonchev–Trinajstić information content (AvgIpc) is 3.26. The Morgan fingerprint density at radius 3 is 2.35 bits per heavy atom. The molecule has 0 radical (unpaired) electrons. The van der Waals surface area contributed by atoms with Crippen molar-refractivity contribution in [3.05, 3.63) is 107 Å². The molecule has 1 aliphatic rings. The highest BCUT2D eigenvalue weighted by atomic mass is 19.4. The van der Waals surface area contributed by atoms with Gasteiger partial charge in [0.25, 0.3) is 5.91 Å². The number of amides is 3. The molecule has 2 heterocycles. The SMILES string of the molecule is CCN1C(=O)[C@@H](NC(=O)Nc2cccc(C(F)(F)F)c2)[C@@H](c2ccc(F)cc2)c2c(C)nn(-c3ccccc3)c21. The van der Waals surface area contributed by atoms with E-state index in [0.29, 0.717) is 22.6 Å². The molecule has 3 amide bonds. The number of hydrogen-bond acceptors (Lipinski definition) is 3. The summed E-state index contributed by atoms with van der Waals surface area (Å²) in [4.78, 5) is 28.5. The topological polar surface area (TPSA) is 79.3 Å². The van der Waals surface area contributed by atoms with Crippen LogP contribution < -0.4 is 15.5 Å². The number of nitrogens with one attached hydrogen (secondary N) is 2. The van der Waals surface area contributed by atoms with Gasteiger partial charge >= 0.3 is 12.2 Å². The van der Waals surface area contributed by atoms with Gasteiger partial charge in [0.05, 0.1) is 16.9 Å². The molecule has 1 aromatic heterocycles. The van der Waals surface area contributed by atoms with Gasteiger partial charge in [-0.2, -0.15) is 18.3 Å². The highest BCUT2D eigenvalue weighted by Crippen LogP contribution is 2.43. The highest BCUT2D eigenvalue weighted by molar-refractivity contribution is 6.04. The van der Waals surface area contributed by atoms with Gasteiger partial charge in [0.15, 0.2) is 0 Å². The number of rotatable bonds is 5. The number of nitrogens with zero attached hydrogens (tertiary/aromatic N) is 3. The summed E-state index contributed by atoms with van der Waals surface area (Å²) in [6.45, 7) is 3.84. The maximum atomic E-state index is 14.0. The molecule has 0 bridgehead atoms. The number of para-hydroxylation sites is 1. The van der Waals surface area contributed by atoms with Gasteiger partial charge in [0, 0.05) is 23.7 Å². The molecule has 0 saturated heterocycles. The van der Waals surface area contributed by atoms with Gasteiger partial charge in [0.1, 0.15) is 17.7 Å². The molecule has 206 valence electrons. The molecule has 0 spiro atoms. The molecule has 11 heteroatoms. The molecule has 4 aromatic rings. The molecular weight excluding hydrogens is 526 g/mol. The summed E-state index contributed by atoms with van der Waals surface area (Å²) in [7, 11) is 0. The third-order valence-electron chi connectivity index (χ3n) is 6.79. The number of anilines is 2. The number of hydrogen-bond donors (Lipinski definition) is 2. The zero-order valence-electron chi connectivity index (χ0n) is 21.5. The second-order valence-electron chi connectivity index (χ2n) is 9.34. The number of carbonyl (C=O) groups is 2. The lowest BCUT2D eigenvalue weighted by molar-refractivity contribution is -0.137. The van der Waals surface area contributed by atoms with Crippen LogP contribution in [-0.2, 0) is 11.0 Å². The molecule has 0 aliphatic carbocycles. The van der Waals surface area contributed by atoms with Crippen molar-refractivity contribution in [3.63, 3.8) is 0 Å². The van der Waals surface area contributed by atoms with Crippen molar-refractivity contribution < 1.29 is 27.2 Å². The van der Waals surface area contributed by atoms with Gasteiger partial charge in [-0.05, 0) is 61.9 Å². The molecule has 0 unspecified atom stereocenters. The van der Waals surface area contributed by atoms with Crippen LogP contribution in [0.25, 0.3) is 5.69 Å². The van der Waals surface area contributed by atoms with Gasteiger partial charge in [-0.25, -0.2) is 13.9 Å². The minimum absolute atomic E-state index is 0.0879. The summed E-state index contributed by atoms with van der Waals surface area (Å²) >= 11 is 0. The summed E-state index contributed by atoms with van der Waals surface area (Å²) in [6.07, 6.45) is -4.59. The second kappa shape index (κ2) is 10.5. The molecule has 0 saturated carbocycles. The Labute approximate surface area is 227 Å². The predicted octanol–water partition coefficient (Wildman–Crippen LogP) is 6.03. The standard InChI is InChI=1S/C29H25F4N5O2/c1-3-37-26-23(17(2)36-38(26)22-10-5-4-6-11-22)24(18-12-14-20(30)15-13-18)25(27(37)39)35-28(40)34-21-9-7-8-19(16-21)29(31,32)33/h4-16,24-25H,3H2,1-2H3,(H2,34,35,40)/t24-,25-/m0/s1. The highest BCUT2D eigenvalue weighted by Gasteiger charge is 2.45. The van der Waals surface area contributed by atoms with Crippen LogP contribution >= 0.6 is 0 Å². The van der Waals surface area contributed by atoms with E-state index in [9.17, 15) is 27.2 Å². The van der Waals surface area contributed by atoms with Gasteiger partial charge < -0.3 is 10.6 Å². The molecule has 1 aliphatic heterocycles. The minimum atomic E-state index is -4.59. The molecule has 5 rings (SSSR count). The van der Waals surface area contributed by atoms with Crippen molar-refractivity contribution in [1.82, 2.24) is 15.1 Å². The van der Waals surface area contributed by atoms with E-state index in [-0.39, 0.29) is 12.2 Å². The number of benzene rings is 3. The Bertz CT molecular complexity index is 1550. The number of likely N-dealkylation sites (N-methyl/N-ethyl adjacent to an activating group) is 1.